The van der Waals surface area contributed by atoms with Crippen LogP contribution >= 0.6 is 11.3 Å². The predicted molar refractivity (Wildman–Crippen MR) is 112 cm³/mol. The van der Waals surface area contributed by atoms with Gasteiger partial charge in [-0.3, -0.25) is 14.9 Å². The number of anilines is 1. The van der Waals surface area contributed by atoms with Gasteiger partial charge < -0.3 is 13.9 Å². The number of allylic oxidation sites excluding steroid dienone is 1. The van der Waals surface area contributed by atoms with E-state index in [9.17, 15) is 9.59 Å². The van der Waals surface area contributed by atoms with E-state index in [-0.39, 0.29) is 18.3 Å². The van der Waals surface area contributed by atoms with Gasteiger partial charge in [0.2, 0.25) is 5.91 Å². The summed E-state index contributed by atoms with van der Waals surface area (Å²) in [6, 6.07) is 3.77. The number of nitrogens with zero attached hydrogens (tertiary/aromatic N) is 1. The SMILES string of the molecule is CCOC(=O)Cc1csc(NC(=O)/C=C(\C)c2cc3c(C)coc3cc2OC)n1. The fraction of sp³-hybridized carbons (Fsp3) is 0.286. The number of methoxy groups -OCH3 is 1. The van der Waals surface area contributed by atoms with Gasteiger partial charge in [-0.15, -0.1) is 11.3 Å². The van der Waals surface area contributed by atoms with Gasteiger partial charge in [0.1, 0.15) is 11.3 Å². The Morgan fingerprint density at radius 2 is 2.14 bits per heavy atom. The largest absolute Gasteiger partial charge is 0.496 e. The van der Waals surface area contributed by atoms with Gasteiger partial charge in [0.15, 0.2) is 5.13 Å². The maximum atomic E-state index is 12.4. The summed E-state index contributed by atoms with van der Waals surface area (Å²) < 4.78 is 15.9. The molecule has 2 aromatic heterocycles. The molecule has 0 aliphatic carbocycles. The first-order chi connectivity index (χ1) is 13.9. The number of benzene rings is 1. The molecule has 0 saturated carbocycles. The highest BCUT2D eigenvalue weighted by Crippen LogP contribution is 2.33. The van der Waals surface area contributed by atoms with Crippen LogP contribution in [0.3, 0.4) is 0 Å². The molecule has 0 atom stereocenters. The molecular weight excluding hydrogens is 392 g/mol. The zero-order chi connectivity index (χ0) is 21.0. The van der Waals surface area contributed by atoms with E-state index in [0.717, 1.165) is 27.7 Å². The molecule has 0 aliphatic heterocycles. The van der Waals surface area contributed by atoms with Crippen LogP contribution in [0.1, 0.15) is 30.7 Å². The second-order valence-corrected chi connectivity index (χ2v) is 7.27. The first-order valence-electron chi connectivity index (χ1n) is 9.06. The highest BCUT2D eigenvalue weighted by Gasteiger charge is 2.13. The third-order valence-corrected chi connectivity index (χ3v) is 5.08. The number of carbonyl (C=O) groups is 2. The summed E-state index contributed by atoms with van der Waals surface area (Å²) in [6.07, 6.45) is 3.26. The molecule has 7 nitrogen and oxygen atoms in total. The van der Waals surface area contributed by atoms with Crippen molar-refractivity contribution < 1.29 is 23.5 Å². The standard InChI is InChI=1S/C21H22N2O5S/c1-5-27-20(25)7-14-11-29-21(22-14)23-19(24)6-12(2)15-8-16-13(3)10-28-18(16)9-17(15)26-4/h6,8-11H,5,7H2,1-4H3,(H,22,23,24)/b12-6+. The average Bonchev–Trinajstić information content (AvgIpc) is 3.26. The number of hydrogen-bond donors (Lipinski definition) is 1. The van der Waals surface area contributed by atoms with Crippen LogP contribution in [0.2, 0.25) is 0 Å². The minimum absolute atomic E-state index is 0.0797. The van der Waals surface area contributed by atoms with Crippen LogP contribution in [-0.2, 0) is 20.7 Å². The van der Waals surface area contributed by atoms with E-state index < -0.39 is 0 Å². The number of furan rings is 1. The van der Waals surface area contributed by atoms with Crippen molar-refractivity contribution in [2.24, 2.45) is 0 Å². The molecule has 29 heavy (non-hydrogen) atoms. The molecule has 0 unspecified atom stereocenters. The summed E-state index contributed by atoms with van der Waals surface area (Å²) in [5.74, 6) is -0.0339. The lowest BCUT2D eigenvalue weighted by atomic mass is 10.0. The van der Waals surface area contributed by atoms with Gasteiger partial charge in [-0.1, -0.05) is 0 Å². The van der Waals surface area contributed by atoms with Gasteiger partial charge in [0, 0.05) is 28.5 Å². The Morgan fingerprint density at radius 3 is 2.86 bits per heavy atom. The van der Waals surface area contributed by atoms with E-state index in [1.54, 1.807) is 25.7 Å². The number of hydrogen-bond acceptors (Lipinski definition) is 7. The number of nitrogens with one attached hydrogen (secondary N) is 1. The summed E-state index contributed by atoms with van der Waals surface area (Å²) in [4.78, 5) is 28.2. The van der Waals surface area contributed by atoms with Gasteiger partial charge in [-0.2, -0.15) is 0 Å². The molecule has 3 rings (SSSR count). The Bertz CT molecular complexity index is 1080. The second kappa shape index (κ2) is 8.91. The van der Waals surface area contributed by atoms with Crippen LogP contribution in [0.4, 0.5) is 5.13 Å². The fourth-order valence-electron chi connectivity index (χ4n) is 2.88. The smallest absolute Gasteiger partial charge is 0.311 e. The molecule has 1 amide bonds. The molecule has 3 aromatic rings. The Balaban J connectivity index is 1.75. The maximum absolute atomic E-state index is 12.4. The van der Waals surface area contributed by atoms with Gasteiger partial charge in [-0.05, 0) is 38.0 Å². The number of thiazole rings is 1. The first-order valence-corrected chi connectivity index (χ1v) is 9.94. The maximum Gasteiger partial charge on any atom is 0.311 e. The molecule has 8 heteroatoms. The molecular formula is C21H22N2O5S. The van der Waals surface area contributed by atoms with Crippen molar-refractivity contribution in [2.75, 3.05) is 19.0 Å². The van der Waals surface area contributed by atoms with Crippen molar-refractivity contribution in [1.29, 1.82) is 0 Å². The number of aryl methyl sites for hydroxylation is 1. The Labute approximate surface area is 172 Å². The van der Waals surface area contributed by atoms with Gasteiger partial charge >= 0.3 is 5.97 Å². The third-order valence-electron chi connectivity index (χ3n) is 4.27. The van der Waals surface area contributed by atoms with E-state index in [0.29, 0.717) is 23.2 Å². The summed E-state index contributed by atoms with van der Waals surface area (Å²) in [7, 11) is 1.58. The number of aromatic nitrogens is 1. The summed E-state index contributed by atoms with van der Waals surface area (Å²) in [5.41, 5.74) is 3.86. The van der Waals surface area contributed by atoms with Crippen LogP contribution in [0, 0.1) is 6.92 Å². The van der Waals surface area contributed by atoms with Crippen LogP contribution in [0.25, 0.3) is 16.5 Å². The van der Waals surface area contributed by atoms with Crippen molar-refractivity contribution in [2.45, 2.75) is 27.2 Å². The van der Waals surface area contributed by atoms with E-state index in [1.807, 2.05) is 26.0 Å². The molecule has 0 spiro atoms. The lowest BCUT2D eigenvalue weighted by Crippen LogP contribution is -2.10. The minimum Gasteiger partial charge on any atom is -0.496 e. The lowest BCUT2D eigenvalue weighted by molar-refractivity contribution is -0.142. The zero-order valence-electron chi connectivity index (χ0n) is 16.7. The summed E-state index contributed by atoms with van der Waals surface area (Å²) >= 11 is 1.26. The first kappa shape index (κ1) is 20.6. The normalized spacial score (nSPS) is 11.5. The number of rotatable bonds is 7. The average molecular weight is 414 g/mol. The number of carbonyl (C=O) groups excluding carboxylic acids is 2. The highest BCUT2D eigenvalue weighted by atomic mass is 32.1. The topological polar surface area (TPSA) is 90.7 Å². The van der Waals surface area contributed by atoms with Gasteiger partial charge in [-0.25, -0.2) is 4.98 Å². The van der Waals surface area contributed by atoms with Crippen molar-refractivity contribution in [3.8, 4) is 5.75 Å². The zero-order valence-corrected chi connectivity index (χ0v) is 17.5. The molecule has 2 heterocycles. The van der Waals surface area contributed by atoms with Crippen molar-refractivity contribution in [3.05, 3.63) is 46.7 Å². The fourth-order valence-corrected chi connectivity index (χ4v) is 3.59. The Kier molecular flexibility index (Phi) is 6.33. The van der Waals surface area contributed by atoms with Gasteiger partial charge in [0.25, 0.3) is 0 Å². The third kappa shape index (κ3) is 4.83. The van der Waals surface area contributed by atoms with E-state index >= 15 is 0 Å². The molecule has 0 saturated heterocycles. The second-order valence-electron chi connectivity index (χ2n) is 6.41. The number of amides is 1. The number of fused-ring (bicyclic) bond motifs is 1. The molecule has 0 aliphatic rings. The van der Waals surface area contributed by atoms with Crippen LogP contribution in [0.15, 0.2) is 34.3 Å². The summed E-state index contributed by atoms with van der Waals surface area (Å²) in [5, 5.41) is 5.85. The van der Waals surface area contributed by atoms with E-state index in [1.165, 1.54) is 17.4 Å². The predicted octanol–water partition coefficient (Wildman–Crippen LogP) is 4.35. The molecule has 0 radical (unpaired) electrons. The summed E-state index contributed by atoms with van der Waals surface area (Å²) in [6.45, 7) is 5.88. The number of esters is 1. The quantitative estimate of drug-likeness (QED) is 0.456. The van der Waals surface area contributed by atoms with Crippen molar-refractivity contribution in [3.63, 3.8) is 0 Å². The number of ether oxygens (including phenoxy) is 2. The lowest BCUT2D eigenvalue weighted by Gasteiger charge is -2.09. The van der Waals surface area contributed by atoms with E-state index in [4.69, 9.17) is 13.9 Å². The molecule has 1 N–H and O–H groups in total. The van der Waals surface area contributed by atoms with Crippen LogP contribution in [0.5, 0.6) is 5.75 Å². The van der Waals surface area contributed by atoms with Crippen molar-refractivity contribution >= 4 is 44.9 Å². The molecule has 0 fully saturated rings. The monoisotopic (exact) mass is 414 g/mol. The Morgan fingerprint density at radius 1 is 1.34 bits per heavy atom. The van der Waals surface area contributed by atoms with Gasteiger partial charge in [0.05, 0.1) is 32.1 Å². The van der Waals surface area contributed by atoms with Crippen LogP contribution in [-0.4, -0.2) is 30.6 Å². The van der Waals surface area contributed by atoms with Crippen LogP contribution < -0.4 is 10.1 Å². The van der Waals surface area contributed by atoms with Crippen molar-refractivity contribution in [1.82, 2.24) is 4.98 Å². The Hall–Kier alpha value is -3.13. The minimum atomic E-state index is -0.344. The molecule has 152 valence electrons. The van der Waals surface area contributed by atoms with E-state index in [2.05, 4.69) is 10.3 Å². The molecule has 0 bridgehead atoms. The highest BCUT2D eigenvalue weighted by molar-refractivity contribution is 7.14. The molecule has 1 aromatic carbocycles.